The van der Waals surface area contributed by atoms with Crippen LogP contribution in [-0.4, -0.2) is 33.0 Å². The molecule has 2 rings (SSSR count). The number of aryl methyl sites for hydroxylation is 1. The number of nitrogens with zero attached hydrogens (tertiary/aromatic N) is 4. The lowest BCUT2D eigenvalue weighted by Crippen LogP contribution is -2.25. The Bertz CT molecular complexity index is 460. The van der Waals surface area contributed by atoms with Crippen LogP contribution in [0.1, 0.15) is 31.3 Å². The van der Waals surface area contributed by atoms with Gasteiger partial charge >= 0.3 is 0 Å². The molecule has 0 radical (unpaired) electrons. The predicted octanol–water partition coefficient (Wildman–Crippen LogP) is 1.46. The van der Waals surface area contributed by atoms with Gasteiger partial charge in [0, 0.05) is 11.9 Å². The van der Waals surface area contributed by atoms with Gasteiger partial charge in [0.1, 0.15) is 5.69 Å². The first kappa shape index (κ1) is 13.0. The molecule has 0 bridgehead atoms. The average molecular weight is 267 g/mol. The Labute approximate surface area is 110 Å². The third-order valence-corrected chi connectivity index (χ3v) is 3.24. The molecular formula is C11H17N5OS. The molecule has 1 N–H and O–H groups in total. The molecule has 0 saturated heterocycles. The van der Waals surface area contributed by atoms with Crippen LogP contribution in [0.5, 0.6) is 5.75 Å². The van der Waals surface area contributed by atoms with Gasteiger partial charge in [0.15, 0.2) is 5.75 Å². The van der Waals surface area contributed by atoms with E-state index in [1.54, 1.807) is 13.3 Å². The molecule has 0 aliphatic carbocycles. The first-order valence-electron chi connectivity index (χ1n) is 5.91. The van der Waals surface area contributed by atoms with Crippen LogP contribution in [0.3, 0.4) is 0 Å². The highest BCUT2D eigenvalue weighted by Gasteiger charge is 2.24. The molecule has 6 nitrogen and oxygen atoms in total. The van der Waals surface area contributed by atoms with Crippen LogP contribution in [-0.2, 0) is 6.54 Å². The van der Waals surface area contributed by atoms with E-state index in [0.29, 0.717) is 0 Å². The molecule has 0 aliphatic heterocycles. The van der Waals surface area contributed by atoms with Gasteiger partial charge in [0.2, 0.25) is 0 Å². The highest BCUT2D eigenvalue weighted by molar-refractivity contribution is 7.03. The van der Waals surface area contributed by atoms with E-state index < -0.39 is 0 Å². The van der Waals surface area contributed by atoms with Crippen LogP contribution in [0.4, 0.5) is 0 Å². The van der Waals surface area contributed by atoms with Gasteiger partial charge in [-0.15, -0.1) is 5.10 Å². The Morgan fingerprint density at radius 2 is 2.33 bits per heavy atom. The molecule has 2 heterocycles. The molecule has 18 heavy (non-hydrogen) atoms. The van der Waals surface area contributed by atoms with Crippen LogP contribution in [0.25, 0.3) is 0 Å². The summed E-state index contributed by atoms with van der Waals surface area (Å²) in [4.78, 5) is 0. The minimum atomic E-state index is -0.0360. The highest BCUT2D eigenvalue weighted by atomic mass is 32.1. The summed E-state index contributed by atoms with van der Waals surface area (Å²) in [6.07, 6.45) is 1.74. The highest BCUT2D eigenvalue weighted by Crippen LogP contribution is 2.29. The number of hydrogen-bond donors (Lipinski definition) is 1. The zero-order valence-electron chi connectivity index (χ0n) is 10.8. The molecule has 98 valence electrons. The molecule has 1 unspecified atom stereocenters. The van der Waals surface area contributed by atoms with Crippen molar-refractivity contribution in [3.05, 3.63) is 23.0 Å². The molecule has 7 heteroatoms. The minimum absolute atomic E-state index is 0.0360. The van der Waals surface area contributed by atoms with Gasteiger partial charge in [0.05, 0.1) is 25.0 Å². The van der Waals surface area contributed by atoms with Crippen LogP contribution >= 0.6 is 11.5 Å². The summed E-state index contributed by atoms with van der Waals surface area (Å²) >= 11 is 1.35. The van der Waals surface area contributed by atoms with E-state index in [4.69, 9.17) is 4.74 Å². The second-order valence-electron chi connectivity index (χ2n) is 3.73. The van der Waals surface area contributed by atoms with Crippen molar-refractivity contribution in [2.24, 2.45) is 0 Å². The third-order valence-electron chi connectivity index (χ3n) is 2.72. The van der Waals surface area contributed by atoms with Gasteiger partial charge in [0.25, 0.3) is 0 Å². The summed E-state index contributed by atoms with van der Waals surface area (Å²) in [5.74, 6) is 0.774. The lowest BCUT2D eigenvalue weighted by molar-refractivity contribution is 0.398. The standard InChI is InChI=1S/C11H17N5OS/c1-4-12-10(8-7-18-15-14-8)11-9(17-3)6-13-16(11)5-2/h6-7,10,12H,4-5H2,1-3H3. The second kappa shape index (κ2) is 5.92. The molecule has 0 amide bonds. The number of ether oxygens (including phenoxy) is 1. The van der Waals surface area contributed by atoms with E-state index in [0.717, 1.165) is 30.2 Å². The number of nitrogens with one attached hydrogen (secondary N) is 1. The second-order valence-corrected chi connectivity index (χ2v) is 4.34. The Morgan fingerprint density at radius 3 is 2.89 bits per heavy atom. The fourth-order valence-electron chi connectivity index (χ4n) is 1.92. The fourth-order valence-corrected chi connectivity index (χ4v) is 2.40. The largest absolute Gasteiger partial charge is 0.493 e. The molecule has 0 aliphatic rings. The molecule has 0 aromatic carbocycles. The Hall–Kier alpha value is -1.47. The molecule has 1 atom stereocenters. The van der Waals surface area contributed by atoms with Gasteiger partial charge in [-0.3, -0.25) is 4.68 Å². The summed E-state index contributed by atoms with van der Waals surface area (Å²) in [5, 5.41) is 13.8. The van der Waals surface area contributed by atoms with Crippen molar-refractivity contribution in [3.63, 3.8) is 0 Å². The van der Waals surface area contributed by atoms with Crippen LogP contribution < -0.4 is 10.1 Å². The van der Waals surface area contributed by atoms with E-state index in [-0.39, 0.29) is 6.04 Å². The summed E-state index contributed by atoms with van der Waals surface area (Å²) in [6, 6.07) is -0.0360. The smallest absolute Gasteiger partial charge is 0.161 e. The maximum absolute atomic E-state index is 5.39. The van der Waals surface area contributed by atoms with Gasteiger partial charge in [-0.05, 0) is 25.0 Å². The number of rotatable bonds is 6. The monoisotopic (exact) mass is 267 g/mol. The van der Waals surface area contributed by atoms with Gasteiger partial charge < -0.3 is 10.1 Å². The first-order chi connectivity index (χ1) is 8.81. The lowest BCUT2D eigenvalue weighted by atomic mass is 10.1. The fraction of sp³-hybridized carbons (Fsp3) is 0.545. The Kier molecular flexibility index (Phi) is 4.27. The quantitative estimate of drug-likeness (QED) is 0.858. The van der Waals surface area contributed by atoms with Crippen LogP contribution in [0.2, 0.25) is 0 Å². The van der Waals surface area contributed by atoms with E-state index >= 15 is 0 Å². The average Bonchev–Trinajstić information content (AvgIpc) is 3.04. The molecule has 2 aromatic rings. The first-order valence-corrected chi connectivity index (χ1v) is 6.75. The van der Waals surface area contributed by atoms with Crippen molar-refractivity contribution in [2.45, 2.75) is 26.4 Å². The van der Waals surface area contributed by atoms with Gasteiger partial charge in [-0.25, -0.2) is 0 Å². The van der Waals surface area contributed by atoms with Gasteiger partial charge in [-0.2, -0.15) is 5.10 Å². The molecule has 0 spiro atoms. The van der Waals surface area contributed by atoms with Crippen LogP contribution in [0.15, 0.2) is 11.6 Å². The Morgan fingerprint density at radius 1 is 1.50 bits per heavy atom. The number of methoxy groups -OCH3 is 1. The minimum Gasteiger partial charge on any atom is -0.493 e. The summed E-state index contributed by atoms with van der Waals surface area (Å²) in [7, 11) is 1.66. The zero-order valence-corrected chi connectivity index (χ0v) is 11.6. The molecular weight excluding hydrogens is 250 g/mol. The number of aromatic nitrogens is 4. The summed E-state index contributed by atoms with van der Waals surface area (Å²) in [6.45, 7) is 5.74. The normalized spacial score (nSPS) is 12.6. The lowest BCUT2D eigenvalue weighted by Gasteiger charge is -2.18. The summed E-state index contributed by atoms with van der Waals surface area (Å²) < 4.78 is 11.2. The Balaban J connectivity index is 2.44. The predicted molar refractivity (Wildman–Crippen MR) is 69.9 cm³/mol. The SMILES string of the molecule is CCNC(c1csnn1)c1c(OC)cnn1CC. The summed E-state index contributed by atoms with van der Waals surface area (Å²) in [5.41, 5.74) is 1.89. The van der Waals surface area contributed by atoms with Crippen molar-refractivity contribution < 1.29 is 4.74 Å². The zero-order chi connectivity index (χ0) is 13.0. The maximum Gasteiger partial charge on any atom is 0.161 e. The van der Waals surface area contributed by atoms with Crippen molar-refractivity contribution >= 4 is 11.5 Å². The van der Waals surface area contributed by atoms with E-state index in [2.05, 4.69) is 33.8 Å². The molecule has 0 saturated carbocycles. The van der Waals surface area contributed by atoms with Crippen molar-refractivity contribution in [1.82, 2.24) is 24.7 Å². The van der Waals surface area contributed by atoms with E-state index in [9.17, 15) is 0 Å². The van der Waals surface area contributed by atoms with Crippen molar-refractivity contribution in [1.29, 1.82) is 0 Å². The molecule has 0 fully saturated rings. The van der Waals surface area contributed by atoms with Crippen molar-refractivity contribution in [3.8, 4) is 5.75 Å². The van der Waals surface area contributed by atoms with Crippen LogP contribution in [0, 0.1) is 0 Å². The third kappa shape index (κ3) is 2.37. The molecule has 2 aromatic heterocycles. The topological polar surface area (TPSA) is 64.9 Å². The van der Waals surface area contributed by atoms with E-state index in [1.165, 1.54) is 11.5 Å². The number of hydrogen-bond acceptors (Lipinski definition) is 6. The van der Waals surface area contributed by atoms with Crippen molar-refractivity contribution in [2.75, 3.05) is 13.7 Å². The van der Waals surface area contributed by atoms with E-state index in [1.807, 2.05) is 10.1 Å². The maximum atomic E-state index is 5.39. The van der Waals surface area contributed by atoms with Gasteiger partial charge in [-0.1, -0.05) is 11.4 Å².